The van der Waals surface area contributed by atoms with E-state index in [0.29, 0.717) is 6.42 Å². The van der Waals surface area contributed by atoms with Gasteiger partial charge in [-0.25, -0.2) is 0 Å². The average Bonchev–Trinajstić information content (AvgIpc) is 2.66. The van der Waals surface area contributed by atoms with Crippen molar-refractivity contribution in [3.8, 4) is 0 Å². The van der Waals surface area contributed by atoms with E-state index in [9.17, 15) is 13.2 Å². The van der Waals surface area contributed by atoms with Crippen molar-refractivity contribution in [1.82, 2.24) is 0 Å². The van der Waals surface area contributed by atoms with E-state index in [-0.39, 0.29) is 93.4 Å². The molecule has 2 rings (SSSR count). The number of hydrogen-bond donors (Lipinski definition) is 4. The largest absolute Gasteiger partial charge is 2.00 e. The van der Waals surface area contributed by atoms with Crippen molar-refractivity contribution in [2.75, 3.05) is 0 Å². The summed E-state index contributed by atoms with van der Waals surface area (Å²) >= 11 is 0. The van der Waals surface area contributed by atoms with Gasteiger partial charge in [-0.1, -0.05) is 66.2 Å². The summed E-state index contributed by atoms with van der Waals surface area (Å²) < 4.78 is 34.3. The number of nitrogens with one attached hydrogen (secondary N) is 4. The Kier molecular flexibility index (Phi) is 38.9. The van der Waals surface area contributed by atoms with Crippen LogP contribution in [0.3, 0.4) is 0 Å². The van der Waals surface area contributed by atoms with Crippen LogP contribution < -0.4 is 0 Å². The van der Waals surface area contributed by atoms with Gasteiger partial charge in [0.25, 0.3) is 0 Å². The van der Waals surface area contributed by atoms with E-state index in [2.05, 4.69) is 0 Å². The van der Waals surface area contributed by atoms with Crippen LogP contribution in [0.5, 0.6) is 0 Å². The second kappa shape index (κ2) is 28.4. The fourth-order valence-corrected chi connectivity index (χ4v) is 3.21. The third-order valence-electron chi connectivity index (χ3n) is 5.16. The quantitative estimate of drug-likeness (QED) is 0.241. The van der Waals surface area contributed by atoms with Crippen LogP contribution in [-0.2, 0) is 42.1 Å². The molecule has 0 aromatic rings. The topological polar surface area (TPSA) is 176 Å². The Morgan fingerprint density at radius 1 is 0.595 bits per heavy atom. The van der Waals surface area contributed by atoms with Crippen molar-refractivity contribution >= 4 is 0 Å². The molecule has 2 fully saturated rings. The van der Waals surface area contributed by atoms with E-state index in [4.69, 9.17) is 43.4 Å². The number of alkyl halides is 3. The van der Waals surface area contributed by atoms with Gasteiger partial charge in [0.15, 0.2) is 6.10 Å². The minimum absolute atomic E-state index is 0. The molecule has 0 radical (unpaired) electrons. The molecule has 0 heterocycles. The van der Waals surface area contributed by atoms with Gasteiger partial charge >= 0.3 is 48.3 Å². The monoisotopic (exact) mass is 908 g/mol. The molecule has 0 aromatic carbocycles. The fourth-order valence-electron chi connectivity index (χ4n) is 3.21. The Bertz CT molecular complexity index is 424. The Morgan fingerprint density at radius 2 is 0.811 bits per heavy atom. The standard InChI is InChI=1S/2C6H12N2.C5H9F3O2.C5H12O2.2CH4.2Pt/c2*7-5-3-1-2-4-6(5)8;1-3(9)2-4(10)5(6,7)8;1-4(6)3-5(2)7;;;;/h2*5-8H,1-4H2;3-4,9-10H,2H2,1H3;4-7H,3H2,1-2H3;2*1H4;;/q2*-2;;;;;2*+2. The maximum Gasteiger partial charge on any atom is 2.00 e. The Labute approximate surface area is 252 Å². The molecule has 8 unspecified atom stereocenters. The molecule has 37 heavy (non-hydrogen) atoms. The smallest absolute Gasteiger partial charge is 0.676 e. The van der Waals surface area contributed by atoms with Gasteiger partial charge in [0, 0.05) is 6.42 Å². The SMILES string of the molecule is C.C.CC(O)CC(C)O.CC(O)CC(O)C(F)(F)F.[NH-]C1CCCCC1[NH-].[NH-]C1CCCCC1[NH-].[Pt+2].[Pt+2]. The molecule has 8 N–H and O–H groups in total. The van der Waals surface area contributed by atoms with Gasteiger partial charge in [0.1, 0.15) is 0 Å². The average molecular weight is 909 g/mol. The van der Waals surface area contributed by atoms with E-state index in [1.54, 1.807) is 13.8 Å². The van der Waals surface area contributed by atoms with Crippen molar-refractivity contribution in [2.24, 2.45) is 0 Å². The van der Waals surface area contributed by atoms with Crippen molar-refractivity contribution in [2.45, 2.75) is 155 Å². The summed E-state index contributed by atoms with van der Waals surface area (Å²) in [5, 5.41) is 33.8. The first kappa shape index (κ1) is 50.7. The Balaban J connectivity index is -0.0000000841. The molecule has 0 aromatic heterocycles. The van der Waals surface area contributed by atoms with Crippen LogP contribution in [0.4, 0.5) is 13.2 Å². The predicted molar refractivity (Wildman–Crippen MR) is 139 cm³/mol. The summed E-state index contributed by atoms with van der Waals surface area (Å²) in [6.07, 6.45) is -0.602. The predicted octanol–water partition coefficient (Wildman–Crippen LogP) is 6.89. The molecule has 2 saturated carbocycles. The van der Waals surface area contributed by atoms with E-state index >= 15 is 0 Å². The molecule has 2 aliphatic rings. The molecule has 234 valence electrons. The summed E-state index contributed by atoms with van der Waals surface area (Å²) in [6.45, 7) is 4.51. The molecule has 13 heteroatoms. The van der Waals surface area contributed by atoms with Crippen LogP contribution >= 0.6 is 0 Å². The maximum absolute atomic E-state index is 11.4. The Hall–Kier alpha value is 0.847. The molecule has 0 spiro atoms. The van der Waals surface area contributed by atoms with Gasteiger partial charge in [-0.05, 0) is 27.2 Å². The van der Waals surface area contributed by atoms with E-state index in [1.165, 1.54) is 32.6 Å². The first-order chi connectivity index (χ1) is 15.1. The zero-order chi connectivity index (χ0) is 26.2. The zero-order valence-electron chi connectivity index (χ0n) is 20.7. The summed E-state index contributed by atoms with van der Waals surface area (Å²) in [5.74, 6) is 0. The third kappa shape index (κ3) is 33.0. The van der Waals surface area contributed by atoms with Crippen LogP contribution in [-0.4, -0.2) is 75.2 Å². The van der Waals surface area contributed by atoms with Crippen LogP contribution in [0.1, 0.15) is 99.8 Å². The zero-order valence-corrected chi connectivity index (χ0v) is 25.3. The van der Waals surface area contributed by atoms with E-state index < -0.39 is 24.8 Å². The van der Waals surface area contributed by atoms with Crippen molar-refractivity contribution in [1.29, 1.82) is 0 Å². The van der Waals surface area contributed by atoms with Crippen molar-refractivity contribution in [3.05, 3.63) is 22.9 Å². The minimum Gasteiger partial charge on any atom is -0.676 e. The number of hydrogen-bond acceptors (Lipinski definition) is 4. The van der Waals surface area contributed by atoms with Crippen LogP contribution in [0.2, 0.25) is 0 Å². The van der Waals surface area contributed by atoms with Crippen LogP contribution in [0.15, 0.2) is 0 Å². The molecule has 0 amide bonds. The number of aliphatic hydroxyl groups is 4. The van der Waals surface area contributed by atoms with Gasteiger partial charge in [-0.15, -0.1) is 0 Å². The third-order valence-corrected chi connectivity index (χ3v) is 5.16. The van der Waals surface area contributed by atoms with Gasteiger partial charge in [0.2, 0.25) is 0 Å². The van der Waals surface area contributed by atoms with Gasteiger partial charge < -0.3 is 43.4 Å². The number of halogens is 3. The summed E-state index contributed by atoms with van der Waals surface area (Å²) in [5.41, 5.74) is 29.2. The van der Waals surface area contributed by atoms with Crippen LogP contribution in [0.25, 0.3) is 22.9 Å². The first-order valence-electron chi connectivity index (χ1n) is 11.7. The summed E-state index contributed by atoms with van der Waals surface area (Å²) in [6, 6.07) is -0.319. The molecular formula is C24H53F3N4O4Pt2. The molecule has 0 bridgehead atoms. The minimum atomic E-state index is -4.61. The Morgan fingerprint density at radius 3 is 0.892 bits per heavy atom. The second-order valence-corrected chi connectivity index (χ2v) is 9.07. The molecule has 0 aliphatic heterocycles. The molecule has 2 aliphatic carbocycles. The number of aliphatic hydroxyl groups excluding tert-OH is 4. The molecular weight excluding hydrogens is 855 g/mol. The summed E-state index contributed by atoms with van der Waals surface area (Å²) in [7, 11) is 0. The molecule has 0 saturated heterocycles. The van der Waals surface area contributed by atoms with E-state index in [0.717, 1.165) is 25.7 Å². The maximum atomic E-state index is 11.4. The second-order valence-electron chi connectivity index (χ2n) is 9.07. The van der Waals surface area contributed by atoms with Gasteiger partial charge in [0.05, 0.1) is 18.3 Å². The van der Waals surface area contributed by atoms with Gasteiger partial charge in [-0.3, -0.25) is 0 Å². The van der Waals surface area contributed by atoms with Gasteiger partial charge in [-0.2, -0.15) is 37.3 Å². The van der Waals surface area contributed by atoms with Crippen LogP contribution in [0, 0.1) is 0 Å². The first-order valence-corrected chi connectivity index (χ1v) is 11.7. The number of rotatable bonds is 4. The normalized spacial score (nSPS) is 25.8. The van der Waals surface area contributed by atoms with E-state index in [1.807, 2.05) is 0 Å². The summed E-state index contributed by atoms with van der Waals surface area (Å²) in [4.78, 5) is 0. The van der Waals surface area contributed by atoms with Crippen molar-refractivity contribution in [3.63, 3.8) is 0 Å². The molecule has 8 atom stereocenters. The molecule has 8 nitrogen and oxygen atoms in total. The fraction of sp³-hybridized carbons (Fsp3) is 1.00. The van der Waals surface area contributed by atoms with Crippen molar-refractivity contribution < 1.29 is 75.7 Å².